The topological polar surface area (TPSA) is 66.8 Å². The van der Waals surface area contributed by atoms with E-state index in [1.807, 2.05) is 21.1 Å². The molecule has 0 aliphatic heterocycles. The van der Waals surface area contributed by atoms with Gasteiger partial charge in [0.25, 0.3) is 0 Å². The average molecular weight is 224 g/mol. The number of rotatable bonds is 6. The zero-order valence-corrected chi connectivity index (χ0v) is 9.78. The molecule has 0 heterocycles. The summed E-state index contributed by atoms with van der Waals surface area (Å²) in [6.45, 7) is 4.05. The molecule has 0 amide bonds. The third-order valence-electron chi connectivity index (χ3n) is 1.47. The highest BCUT2D eigenvalue weighted by atomic mass is 31.2. The Morgan fingerprint density at radius 3 is 2.29 bits per heavy atom. The number of nitrogens with zero attached hydrogens (tertiary/aromatic N) is 1. The molecule has 0 aliphatic carbocycles. The van der Waals surface area contributed by atoms with Crippen LogP contribution >= 0.6 is 7.82 Å². The van der Waals surface area contributed by atoms with Crippen LogP contribution in [0.5, 0.6) is 0 Å². The molecular formula is C8H19NO4P+. The lowest BCUT2D eigenvalue weighted by atomic mass is 10.2. The predicted molar refractivity (Wildman–Crippen MR) is 54.6 cm³/mol. The summed E-state index contributed by atoms with van der Waals surface area (Å²) < 4.78 is 15.8. The second-order valence-corrected chi connectivity index (χ2v) is 5.41. The van der Waals surface area contributed by atoms with Crippen LogP contribution in [0.2, 0.25) is 0 Å². The lowest BCUT2D eigenvalue weighted by Gasteiger charge is -2.28. The monoisotopic (exact) mass is 224 g/mol. The fourth-order valence-electron chi connectivity index (χ4n) is 1.14. The SMILES string of the molecule is C=CCC(C[N+](C)(C)C)OP(=O)(O)O. The van der Waals surface area contributed by atoms with Gasteiger partial charge in [-0.2, -0.15) is 0 Å². The maximum absolute atomic E-state index is 10.6. The molecule has 1 atom stereocenters. The molecule has 6 heteroatoms. The molecule has 5 nitrogen and oxygen atoms in total. The zero-order chi connectivity index (χ0) is 11.4. The van der Waals surface area contributed by atoms with Crippen LogP contribution in [-0.2, 0) is 9.09 Å². The Kier molecular flexibility index (Phi) is 4.98. The quantitative estimate of drug-likeness (QED) is 0.397. The highest BCUT2D eigenvalue weighted by molar-refractivity contribution is 7.46. The van der Waals surface area contributed by atoms with E-state index in [9.17, 15) is 4.57 Å². The van der Waals surface area contributed by atoms with Crippen LogP contribution < -0.4 is 0 Å². The Morgan fingerprint density at radius 2 is 2.00 bits per heavy atom. The molecule has 0 saturated heterocycles. The highest BCUT2D eigenvalue weighted by Gasteiger charge is 2.25. The van der Waals surface area contributed by atoms with Crippen LogP contribution in [0.15, 0.2) is 12.7 Å². The maximum Gasteiger partial charge on any atom is 0.470 e. The molecular weight excluding hydrogens is 205 g/mol. The van der Waals surface area contributed by atoms with Crippen LogP contribution in [0.25, 0.3) is 0 Å². The van der Waals surface area contributed by atoms with Crippen molar-refractivity contribution in [3.63, 3.8) is 0 Å². The molecule has 0 radical (unpaired) electrons. The van der Waals surface area contributed by atoms with Crippen LogP contribution in [0, 0.1) is 0 Å². The molecule has 84 valence electrons. The zero-order valence-electron chi connectivity index (χ0n) is 8.88. The van der Waals surface area contributed by atoms with Crippen molar-refractivity contribution in [2.24, 2.45) is 0 Å². The number of hydrogen-bond acceptors (Lipinski definition) is 2. The third kappa shape index (κ3) is 8.41. The first-order chi connectivity index (χ1) is 6.14. The van der Waals surface area contributed by atoms with E-state index in [0.717, 1.165) is 0 Å². The van der Waals surface area contributed by atoms with Gasteiger partial charge < -0.3 is 14.3 Å². The molecule has 0 saturated carbocycles. The Hall–Kier alpha value is -0.190. The summed E-state index contributed by atoms with van der Waals surface area (Å²) in [7, 11) is 1.39. The van der Waals surface area contributed by atoms with Crippen LogP contribution in [0.1, 0.15) is 6.42 Å². The summed E-state index contributed by atoms with van der Waals surface area (Å²) in [6, 6.07) is 0. The van der Waals surface area contributed by atoms with E-state index in [1.54, 1.807) is 6.08 Å². The first-order valence-corrected chi connectivity index (χ1v) is 5.82. The standard InChI is InChI=1S/C8H18NO4P/c1-5-6-8(7-9(2,3)4)13-14(10,11)12/h5,8H,1,6-7H2,2-4H3,(H-,10,11,12)/p+1. The van der Waals surface area contributed by atoms with Gasteiger partial charge in [0.05, 0.1) is 21.1 Å². The van der Waals surface area contributed by atoms with Gasteiger partial charge in [-0.3, -0.25) is 4.52 Å². The first-order valence-electron chi connectivity index (χ1n) is 4.29. The van der Waals surface area contributed by atoms with Gasteiger partial charge in [-0.15, -0.1) is 6.58 Å². The maximum atomic E-state index is 10.6. The van der Waals surface area contributed by atoms with E-state index in [2.05, 4.69) is 11.1 Å². The molecule has 0 rings (SSSR count). The number of phosphoric acid groups is 1. The minimum Gasteiger partial charge on any atom is -0.329 e. The molecule has 0 aromatic carbocycles. The van der Waals surface area contributed by atoms with Gasteiger partial charge in [-0.25, -0.2) is 4.57 Å². The van der Waals surface area contributed by atoms with Crippen molar-refractivity contribution in [3.8, 4) is 0 Å². The van der Waals surface area contributed by atoms with Gasteiger partial charge in [0, 0.05) is 0 Å². The number of phosphoric ester groups is 1. The fourth-order valence-corrected chi connectivity index (χ4v) is 1.68. The third-order valence-corrected chi connectivity index (χ3v) is 2.04. The Labute approximate surface area is 84.8 Å². The van der Waals surface area contributed by atoms with E-state index < -0.39 is 13.9 Å². The smallest absolute Gasteiger partial charge is 0.329 e. The summed E-state index contributed by atoms with van der Waals surface area (Å²) in [5.41, 5.74) is 0. The van der Waals surface area contributed by atoms with Gasteiger partial charge >= 0.3 is 7.82 Å². The Balaban J connectivity index is 4.30. The summed E-state index contributed by atoms with van der Waals surface area (Å²) in [5.74, 6) is 0. The van der Waals surface area contributed by atoms with Crippen molar-refractivity contribution in [3.05, 3.63) is 12.7 Å². The van der Waals surface area contributed by atoms with E-state index in [1.165, 1.54) is 0 Å². The van der Waals surface area contributed by atoms with Gasteiger partial charge in [0.15, 0.2) is 0 Å². The normalized spacial score (nSPS) is 15.2. The summed E-state index contributed by atoms with van der Waals surface area (Å²) in [4.78, 5) is 17.3. The molecule has 0 aromatic rings. The van der Waals surface area contributed by atoms with E-state index >= 15 is 0 Å². The number of quaternary nitrogens is 1. The average Bonchev–Trinajstić information content (AvgIpc) is 1.78. The lowest BCUT2D eigenvalue weighted by molar-refractivity contribution is -0.873. The molecule has 0 fully saturated rings. The van der Waals surface area contributed by atoms with E-state index in [0.29, 0.717) is 17.4 Å². The Morgan fingerprint density at radius 1 is 1.50 bits per heavy atom. The van der Waals surface area contributed by atoms with Crippen molar-refractivity contribution < 1.29 is 23.4 Å². The summed E-state index contributed by atoms with van der Waals surface area (Å²) >= 11 is 0. The molecule has 1 unspecified atom stereocenters. The van der Waals surface area contributed by atoms with E-state index in [-0.39, 0.29) is 0 Å². The van der Waals surface area contributed by atoms with Gasteiger partial charge in [-0.05, 0) is 6.42 Å². The van der Waals surface area contributed by atoms with E-state index in [4.69, 9.17) is 9.79 Å². The summed E-state index contributed by atoms with van der Waals surface area (Å²) in [6.07, 6.45) is 1.53. The minimum absolute atomic E-state index is 0.431. The number of hydrogen-bond donors (Lipinski definition) is 2. The molecule has 0 aliphatic rings. The van der Waals surface area contributed by atoms with Crippen molar-refractivity contribution in [2.75, 3.05) is 27.7 Å². The molecule has 14 heavy (non-hydrogen) atoms. The van der Waals surface area contributed by atoms with Crippen molar-refractivity contribution in [2.45, 2.75) is 12.5 Å². The van der Waals surface area contributed by atoms with Crippen LogP contribution in [0.3, 0.4) is 0 Å². The highest BCUT2D eigenvalue weighted by Crippen LogP contribution is 2.38. The minimum atomic E-state index is -4.40. The van der Waals surface area contributed by atoms with Crippen LogP contribution in [-0.4, -0.2) is 48.1 Å². The van der Waals surface area contributed by atoms with Crippen molar-refractivity contribution in [1.29, 1.82) is 0 Å². The lowest BCUT2D eigenvalue weighted by Crippen LogP contribution is -2.41. The largest absolute Gasteiger partial charge is 0.470 e. The van der Waals surface area contributed by atoms with Crippen molar-refractivity contribution >= 4 is 7.82 Å². The second-order valence-electron chi connectivity index (χ2n) is 4.22. The molecule has 0 bridgehead atoms. The predicted octanol–water partition coefficient (Wildman–Crippen LogP) is 0.747. The molecule has 0 spiro atoms. The fraction of sp³-hybridized carbons (Fsp3) is 0.750. The van der Waals surface area contributed by atoms with Gasteiger partial charge in [0.1, 0.15) is 12.6 Å². The van der Waals surface area contributed by atoms with Gasteiger partial charge in [-0.1, -0.05) is 6.08 Å². The molecule has 0 aromatic heterocycles. The van der Waals surface area contributed by atoms with Crippen LogP contribution in [0.4, 0.5) is 0 Å². The van der Waals surface area contributed by atoms with Gasteiger partial charge in [0.2, 0.25) is 0 Å². The molecule has 2 N–H and O–H groups in total. The summed E-state index contributed by atoms with van der Waals surface area (Å²) in [5, 5.41) is 0. The van der Waals surface area contributed by atoms with Crippen molar-refractivity contribution in [1.82, 2.24) is 0 Å². The number of likely N-dealkylation sites (N-methyl/N-ethyl adjacent to an activating group) is 1. The first kappa shape index (κ1) is 13.8. The Bertz CT molecular complexity index is 230. The second kappa shape index (κ2) is 5.05.